The number of carbonyl (C=O) groups excluding carboxylic acids is 2. The van der Waals surface area contributed by atoms with Crippen molar-refractivity contribution in [3.05, 3.63) is 24.3 Å². The molecule has 154 valence electrons. The lowest BCUT2D eigenvalue weighted by atomic mass is 9.79. The number of rotatable bonds is 4. The van der Waals surface area contributed by atoms with E-state index in [0.29, 0.717) is 36.1 Å². The van der Waals surface area contributed by atoms with Crippen molar-refractivity contribution in [1.82, 2.24) is 10.2 Å². The van der Waals surface area contributed by atoms with E-state index in [4.69, 9.17) is 4.74 Å². The molecule has 0 radical (unpaired) electrons. The Morgan fingerprint density at radius 3 is 2.36 bits per heavy atom. The molecule has 0 aromatic heterocycles. The minimum atomic E-state index is -0.804. The zero-order chi connectivity index (χ0) is 20.1. The van der Waals surface area contributed by atoms with Gasteiger partial charge in [-0.2, -0.15) is 0 Å². The number of hydrogen-bond donors (Lipinski definition) is 2. The highest BCUT2D eigenvalue weighted by Gasteiger charge is 2.44. The second-order valence-electron chi connectivity index (χ2n) is 8.58. The average Bonchev–Trinajstić information content (AvgIpc) is 2.67. The summed E-state index contributed by atoms with van der Waals surface area (Å²) in [6, 6.07) is 6.94. The second kappa shape index (κ2) is 8.84. The minimum Gasteiger partial charge on any atom is -0.495 e. The van der Waals surface area contributed by atoms with Crippen LogP contribution in [0.25, 0.3) is 0 Å². The van der Waals surface area contributed by atoms with Gasteiger partial charge in [0.15, 0.2) is 0 Å². The number of para-hydroxylation sites is 2. The molecule has 2 aliphatic rings. The van der Waals surface area contributed by atoms with Gasteiger partial charge in [0.05, 0.1) is 12.8 Å². The number of ether oxygens (including phenoxy) is 1. The molecule has 1 aromatic rings. The molecule has 2 atom stereocenters. The van der Waals surface area contributed by atoms with Crippen LogP contribution in [0.1, 0.15) is 52.4 Å². The van der Waals surface area contributed by atoms with Gasteiger partial charge in [-0.15, -0.1) is 0 Å². The molecule has 1 aliphatic heterocycles. The summed E-state index contributed by atoms with van der Waals surface area (Å²) in [5.41, 5.74) is -0.206. The van der Waals surface area contributed by atoms with Crippen molar-refractivity contribution < 1.29 is 14.3 Å². The normalized spacial score (nSPS) is 24.3. The van der Waals surface area contributed by atoms with Crippen LogP contribution in [0.3, 0.4) is 0 Å². The van der Waals surface area contributed by atoms with Crippen LogP contribution in [0.2, 0.25) is 0 Å². The Hall–Kier alpha value is -2.24. The Morgan fingerprint density at radius 1 is 1.07 bits per heavy atom. The van der Waals surface area contributed by atoms with E-state index in [0.717, 1.165) is 38.8 Å². The lowest BCUT2D eigenvalue weighted by Crippen LogP contribution is -2.62. The van der Waals surface area contributed by atoms with Crippen LogP contribution >= 0.6 is 0 Å². The molecule has 3 amide bonds. The maximum atomic E-state index is 13.5. The quantitative estimate of drug-likeness (QED) is 0.820. The Labute approximate surface area is 168 Å². The number of carbonyl (C=O) groups is 2. The number of nitrogens with zero attached hydrogens (tertiary/aromatic N) is 1. The molecule has 1 saturated carbocycles. The molecule has 28 heavy (non-hydrogen) atoms. The number of hydrogen-bond acceptors (Lipinski definition) is 3. The SMILES string of the molecule is COc1ccccc1NC(=O)NC1(C(=O)N2CC(C)CC(C)C2)CCCCC1. The number of anilines is 1. The molecule has 1 heterocycles. The molecule has 1 aromatic carbocycles. The molecule has 2 unspecified atom stereocenters. The van der Waals surface area contributed by atoms with Gasteiger partial charge < -0.3 is 20.3 Å². The number of piperidine rings is 1. The first-order valence-electron chi connectivity index (χ1n) is 10.4. The van der Waals surface area contributed by atoms with Gasteiger partial charge in [-0.3, -0.25) is 4.79 Å². The van der Waals surface area contributed by atoms with Gasteiger partial charge >= 0.3 is 6.03 Å². The summed E-state index contributed by atoms with van der Waals surface area (Å²) in [6.07, 6.45) is 5.57. The molecule has 3 rings (SSSR count). The summed E-state index contributed by atoms with van der Waals surface area (Å²) in [5, 5.41) is 5.93. The van der Waals surface area contributed by atoms with E-state index in [-0.39, 0.29) is 11.9 Å². The van der Waals surface area contributed by atoms with E-state index in [1.807, 2.05) is 17.0 Å². The molecule has 0 spiro atoms. The predicted molar refractivity (Wildman–Crippen MR) is 110 cm³/mol. The Morgan fingerprint density at radius 2 is 1.71 bits per heavy atom. The van der Waals surface area contributed by atoms with Crippen molar-refractivity contribution in [2.45, 2.75) is 57.9 Å². The molecular formula is C22H33N3O3. The summed E-state index contributed by atoms with van der Waals surface area (Å²) in [6.45, 7) is 5.96. The van der Waals surface area contributed by atoms with Crippen LogP contribution < -0.4 is 15.4 Å². The van der Waals surface area contributed by atoms with Gasteiger partial charge in [-0.1, -0.05) is 45.2 Å². The fraction of sp³-hybridized carbons (Fsp3) is 0.636. The van der Waals surface area contributed by atoms with Gasteiger partial charge in [0.2, 0.25) is 5.91 Å². The van der Waals surface area contributed by atoms with Gasteiger partial charge in [-0.05, 0) is 43.2 Å². The average molecular weight is 388 g/mol. The van der Waals surface area contributed by atoms with Crippen LogP contribution in [0.4, 0.5) is 10.5 Å². The maximum Gasteiger partial charge on any atom is 0.320 e. The highest BCUT2D eigenvalue weighted by molar-refractivity contribution is 5.97. The van der Waals surface area contributed by atoms with Crippen LogP contribution in [-0.4, -0.2) is 42.6 Å². The summed E-state index contributed by atoms with van der Waals surface area (Å²) < 4.78 is 5.31. The molecular weight excluding hydrogens is 354 g/mol. The molecule has 6 heteroatoms. The van der Waals surface area contributed by atoms with Crippen molar-refractivity contribution in [2.24, 2.45) is 11.8 Å². The van der Waals surface area contributed by atoms with Crippen LogP contribution in [0, 0.1) is 11.8 Å². The van der Waals surface area contributed by atoms with E-state index >= 15 is 0 Å². The monoisotopic (exact) mass is 387 g/mol. The third kappa shape index (κ3) is 4.59. The highest BCUT2D eigenvalue weighted by Crippen LogP contribution is 2.33. The summed E-state index contributed by atoms with van der Waals surface area (Å²) in [4.78, 5) is 28.3. The molecule has 2 fully saturated rings. The van der Waals surface area contributed by atoms with Crippen LogP contribution in [0.15, 0.2) is 24.3 Å². The fourth-order valence-electron chi connectivity index (χ4n) is 4.80. The zero-order valence-electron chi connectivity index (χ0n) is 17.3. The van der Waals surface area contributed by atoms with Crippen LogP contribution in [-0.2, 0) is 4.79 Å². The van der Waals surface area contributed by atoms with Crippen molar-refractivity contribution in [1.29, 1.82) is 0 Å². The van der Waals surface area contributed by atoms with E-state index < -0.39 is 5.54 Å². The molecule has 1 aliphatic carbocycles. The summed E-state index contributed by atoms with van der Waals surface area (Å²) >= 11 is 0. The Balaban J connectivity index is 1.75. The smallest absolute Gasteiger partial charge is 0.320 e. The number of amides is 3. The van der Waals surface area contributed by atoms with E-state index in [9.17, 15) is 9.59 Å². The van der Waals surface area contributed by atoms with Gasteiger partial charge in [-0.25, -0.2) is 4.79 Å². The topological polar surface area (TPSA) is 70.7 Å². The van der Waals surface area contributed by atoms with Gasteiger partial charge in [0.25, 0.3) is 0 Å². The standard InChI is InChI=1S/C22H33N3O3/c1-16-13-17(2)15-25(14-16)20(26)22(11-7-4-8-12-22)24-21(27)23-18-9-5-6-10-19(18)28-3/h5-6,9-10,16-17H,4,7-8,11-15H2,1-3H3,(H2,23,24,27). The Bertz CT molecular complexity index is 690. The Kier molecular flexibility index (Phi) is 6.47. The number of benzene rings is 1. The number of likely N-dealkylation sites (tertiary alicyclic amines) is 1. The third-order valence-corrected chi connectivity index (χ3v) is 5.98. The van der Waals surface area contributed by atoms with Crippen molar-refractivity contribution in [2.75, 3.05) is 25.5 Å². The van der Waals surface area contributed by atoms with Crippen molar-refractivity contribution in [3.8, 4) is 5.75 Å². The third-order valence-electron chi connectivity index (χ3n) is 5.98. The maximum absolute atomic E-state index is 13.5. The minimum absolute atomic E-state index is 0.0841. The zero-order valence-corrected chi connectivity index (χ0v) is 17.3. The fourth-order valence-corrected chi connectivity index (χ4v) is 4.80. The largest absolute Gasteiger partial charge is 0.495 e. The molecule has 2 N–H and O–H groups in total. The molecule has 6 nitrogen and oxygen atoms in total. The van der Waals surface area contributed by atoms with E-state index in [1.165, 1.54) is 0 Å². The first-order chi connectivity index (χ1) is 13.4. The van der Waals surface area contributed by atoms with E-state index in [1.54, 1.807) is 19.2 Å². The number of nitrogens with one attached hydrogen (secondary N) is 2. The van der Waals surface area contributed by atoms with Gasteiger partial charge in [0.1, 0.15) is 11.3 Å². The first kappa shape index (κ1) is 20.5. The van der Waals surface area contributed by atoms with Crippen LogP contribution in [0.5, 0.6) is 5.75 Å². The van der Waals surface area contributed by atoms with Gasteiger partial charge in [0, 0.05) is 13.1 Å². The summed E-state index contributed by atoms with van der Waals surface area (Å²) in [7, 11) is 1.57. The highest BCUT2D eigenvalue weighted by atomic mass is 16.5. The lowest BCUT2D eigenvalue weighted by molar-refractivity contribution is -0.142. The molecule has 0 bridgehead atoms. The number of urea groups is 1. The second-order valence-corrected chi connectivity index (χ2v) is 8.58. The van der Waals surface area contributed by atoms with Crippen molar-refractivity contribution in [3.63, 3.8) is 0 Å². The predicted octanol–water partition coefficient (Wildman–Crippen LogP) is 4.02. The lowest BCUT2D eigenvalue weighted by Gasteiger charge is -2.43. The summed E-state index contributed by atoms with van der Waals surface area (Å²) in [5.74, 6) is 1.67. The number of methoxy groups -OCH3 is 1. The first-order valence-corrected chi connectivity index (χ1v) is 10.4. The van der Waals surface area contributed by atoms with Crippen molar-refractivity contribution >= 4 is 17.6 Å². The van der Waals surface area contributed by atoms with E-state index in [2.05, 4.69) is 24.5 Å². The molecule has 1 saturated heterocycles.